The lowest BCUT2D eigenvalue weighted by Gasteiger charge is -2.17. The Balaban J connectivity index is 1.34. The van der Waals surface area contributed by atoms with Crippen LogP contribution in [0.5, 0.6) is 0 Å². The molecule has 1 aromatic heterocycles. The number of amides is 2. The number of halogens is 1. The third-order valence-electron chi connectivity index (χ3n) is 5.36. The van der Waals surface area contributed by atoms with Gasteiger partial charge in [0.25, 0.3) is 5.91 Å². The van der Waals surface area contributed by atoms with Crippen molar-refractivity contribution < 1.29 is 9.59 Å². The van der Waals surface area contributed by atoms with Gasteiger partial charge in [-0.3, -0.25) is 9.59 Å². The van der Waals surface area contributed by atoms with Gasteiger partial charge in [-0.1, -0.05) is 47.6 Å². The molecule has 170 valence electrons. The number of allylic oxidation sites excluding steroid dienone is 1. The van der Waals surface area contributed by atoms with Crippen molar-refractivity contribution in [2.45, 2.75) is 24.5 Å². The maximum atomic E-state index is 12.8. The van der Waals surface area contributed by atoms with E-state index in [9.17, 15) is 9.59 Å². The number of para-hydroxylation sites is 1. The van der Waals surface area contributed by atoms with Crippen LogP contribution >= 0.6 is 23.4 Å². The highest BCUT2D eigenvalue weighted by molar-refractivity contribution is 7.99. The van der Waals surface area contributed by atoms with Gasteiger partial charge in [0.2, 0.25) is 5.91 Å². The molecule has 0 saturated heterocycles. The zero-order chi connectivity index (χ0) is 23.2. The van der Waals surface area contributed by atoms with Crippen LogP contribution < -0.4 is 10.2 Å². The van der Waals surface area contributed by atoms with E-state index < -0.39 is 0 Å². The Hall–Kier alpha value is -3.10. The zero-order valence-corrected chi connectivity index (χ0v) is 19.6. The number of aromatic nitrogens is 3. The quantitative estimate of drug-likeness (QED) is 0.371. The number of carbonyl (C=O) groups is 2. The van der Waals surface area contributed by atoms with Crippen molar-refractivity contribution in [3.63, 3.8) is 0 Å². The van der Waals surface area contributed by atoms with Gasteiger partial charge < -0.3 is 14.8 Å². The SMILES string of the molecule is C=CCn1c(CCNC(=O)c2ccc(Cl)cc2)nnc1SCC(=O)N1CCc2ccccc21. The van der Waals surface area contributed by atoms with Gasteiger partial charge in [-0.2, -0.15) is 0 Å². The predicted octanol–water partition coefficient (Wildman–Crippen LogP) is 3.77. The largest absolute Gasteiger partial charge is 0.352 e. The minimum absolute atomic E-state index is 0.0508. The van der Waals surface area contributed by atoms with Crippen molar-refractivity contribution >= 4 is 40.9 Å². The molecule has 0 unspecified atom stereocenters. The summed E-state index contributed by atoms with van der Waals surface area (Å²) in [6, 6.07) is 14.7. The topological polar surface area (TPSA) is 80.1 Å². The Bertz CT molecular complexity index is 1160. The van der Waals surface area contributed by atoms with Gasteiger partial charge in [0.1, 0.15) is 5.82 Å². The van der Waals surface area contributed by atoms with E-state index >= 15 is 0 Å². The van der Waals surface area contributed by atoms with Crippen LogP contribution in [0.1, 0.15) is 21.7 Å². The molecule has 9 heteroatoms. The van der Waals surface area contributed by atoms with Crippen molar-refractivity contribution in [2.24, 2.45) is 0 Å². The molecule has 0 radical (unpaired) electrons. The number of rotatable bonds is 9. The van der Waals surface area contributed by atoms with E-state index in [2.05, 4.69) is 28.2 Å². The number of benzene rings is 2. The molecule has 4 rings (SSSR count). The number of carbonyl (C=O) groups excluding carboxylic acids is 2. The van der Waals surface area contributed by atoms with Crippen LogP contribution in [-0.4, -0.2) is 45.4 Å². The van der Waals surface area contributed by atoms with Gasteiger partial charge in [-0.15, -0.1) is 16.8 Å². The smallest absolute Gasteiger partial charge is 0.251 e. The van der Waals surface area contributed by atoms with Crippen LogP contribution in [0.2, 0.25) is 5.02 Å². The van der Waals surface area contributed by atoms with Gasteiger partial charge in [0.15, 0.2) is 5.16 Å². The average molecular weight is 482 g/mol. The maximum absolute atomic E-state index is 12.8. The maximum Gasteiger partial charge on any atom is 0.251 e. The summed E-state index contributed by atoms with van der Waals surface area (Å²) in [6.07, 6.45) is 3.15. The second kappa shape index (κ2) is 10.7. The molecule has 2 amide bonds. The van der Waals surface area contributed by atoms with E-state index in [4.69, 9.17) is 11.6 Å². The van der Waals surface area contributed by atoms with Gasteiger partial charge in [0.05, 0.1) is 5.75 Å². The molecule has 1 aliphatic rings. The number of nitrogens with one attached hydrogen (secondary N) is 1. The third kappa shape index (κ3) is 5.46. The van der Waals surface area contributed by atoms with Crippen LogP contribution in [-0.2, 0) is 24.2 Å². The fraction of sp³-hybridized carbons (Fsp3) is 0.250. The molecule has 33 heavy (non-hydrogen) atoms. The van der Waals surface area contributed by atoms with Crippen molar-refractivity contribution in [1.82, 2.24) is 20.1 Å². The molecule has 3 aromatic rings. The molecule has 0 spiro atoms. The highest BCUT2D eigenvalue weighted by atomic mass is 35.5. The van der Waals surface area contributed by atoms with E-state index in [1.807, 2.05) is 27.7 Å². The Morgan fingerprint density at radius 2 is 1.94 bits per heavy atom. The van der Waals surface area contributed by atoms with Crippen molar-refractivity contribution in [3.8, 4) is 0 Å². The molecule has 0 fully saturated rings. The molecule has 7 nitrogen and oxygen atoms in total. The molecule has 0 saturated carbocycles. The first-order valence-electron chi connectivity index (χ1n) is 10.6. The van der Waals surface area contributed by atoms with E-state index in [-0.39, 0.29) is 17.6 Å². The zero-order valence-electron chi connectivity index (χ0n) is 18.0. The Morgan fingerprint density at radius 1 is 1.15 bits per heavy atom. The normalized spacial score (nSPS) is 12.5. The average Bonchev–Trinajstić information content (AvgIpc) is 3.42. The van der Waals surface area contributed by atoms with E-state index in [1.165, 1.54) is 17.3 Å². The van der Waals surface area contributed by atoms with Crippen LogP contribution in [0, 0.1) is 0 Å². The minimum Gasteiger partial charge on any atom is -0.352 e. The molecule has 0 aliphatic carbocycles. The first kappa shape index (κ1) is 23.1. The fourth-order valence-electron chi connectivity index (χ4n) is 3.72. The molecule has 2 aromatic carbocycles. The van der Waals surface area contributed by atoms with Crippen molar-refractivity contribution in [2.75, 3.05) is 23.7 Å². The first-order valence-corrected chi connectivity index (χ1v) is 12.0. The lowest BCUT2D eigenvalue weighted by Crippen LogP contribution is -2.30. The van der Waals surface area contributed by atoms with E-state index in [1.54, 1.807) is 30.3 Å². The van der Waals surface area contributed by atoms with Crippen LogP contribution in [0.15, 0.2) is 66.3 Å². The number of hydrogen-bond acceptors (Lipinski definition) is 5. The highest BCUT2D eigenvalue weighted by Crippen LogP contribution is 2.28. The molecular formula is C24H24ClN5O2S. The number of anilines is 1. The lowest BCUT2D eigenvalue weighted by atomic mass is 10.2. The predicted molar refractivity (Wildman–Crippen MR) is 131 cm³/mol. The van der Waals surface area contributed by atoms with Crippen LogP contribution in [0.3, 0.4) is 0 Å². The summed E-state index contributed by atoms with van der Waals surface area (Å²) in [6.45, 7) is 5.45. The summed E-state index contributed by atoms with van der Waals surface area (Å²) in [5.74, 6) is 0.881. The number of fused-ring (bicyclic) bond motifs is 1. The summed E-state index contributed by atoms with van der Waals surface area (Å²) in [5, 5.41) is 12.7. The molecular weight excluding hydrogens is 458 g/mol. The summed E-state index contributed by atoms with van der Waals surface area (Å²) < 4.78 is 1.93. The summed E-state index contributed by atoms with van der Waals surface area (Å²) in [7, 11) is 0. The van der Waals surface area contributed by atoms with Crippen molar-refractivity contribution in [3.05, 3.63) is 83.2 Å². The molecule has 2 heterocycles. The Kier molecular flexibility index (Phi) is 7.47. The number of nitrogens with zero attached hydrogens (tertiary/aromatic N) is 4. The Morgan fingerprint density at radius 3 is 2.73 bits per heavy atom. The first-order chi connectivity index (χ1) is 16.1. The Labute approximate surface area is 201 Å². The van der Waals surface area contributed by atoms with Crippen LogP contribution in [0.25, 0.3) is 0 Å². The molecule has 0 bridgehead atoms. The molecule has 1 N–H and O–H groups in total. The second-order valence-electron chi connectivity index (χ2n) is 7.52. The second-order valence-corrected chi connectivity index (χ2v) is 8.90. The fourth-order valence-corrected chi connectivity index (χ4v) is 4.68. The van der Waals surface area contributed by atoms with E-state index in [0.29, 0.717) is 41.8 Å². The van der Waals surface area contributed by atoms with Crippen LogP contribution in [0.4, 0.5) is 5.69 Å². The van der Waals surface area contributed by atoms with Crippen molar-refractivity contribution in [1.29, 1.82) is 0 Å². The monoisotopic (exact) mass is 481 g/mol. The standard InChI is InChI=1S/C24H24ClN5O2S/c1-2-14-30-21(11-13-26-23(32)18-7-9-19(25)10-8-18)27-28-24(30)33-16-22(31)29-15-12-17-5-3-4-6-20(17)29/h2-10H,1,11-16H2,(H,26,32). The summed E-state index contributed by atoms with van der Waals surface area (Å²) in [5.41, 5.74) is 2.74. The summed E-state index contributed by atoms with van der Waals surface area (Å²) >= 11 is 7.24. The van der Waals surface area contributed by atoms with Gasteiger partial charge >= 0.3 is 0 Å². The highest BCUT2D eigenvalue weighted by Gasteiger charge is 2.24. The van der Waals surface area contributed by atoms with E-state index in [0.717, 1.165) is 17.9 Å². The van der Waals surface area contributed by atoms with Gasteiger partial charge in [-0.25, -0.2) is 0 Å². The molecule has 0 atom stereocenters. The lowest BCUT2D eigenvalue weighted by molar-refractivity contribution is -0.116. The van der Waals surface area contributed by atoms with Gasteiger partial charge in [0, 0.05) is 42.3 Å². The minimum atomic E-state index is -0.174. The third-order valence-corrected chi connectivity index (χ3v) is 6.56. The molecule has 1 aliphatic heterocycles. The number of hydrogen-bond donors (Lipinski definition) is 1. The summed E-state index contributed by atoms with van der Waals surface area (Å²) in [4.78, 5) is 27.0. The number of thioether (sulfide) groups is 1. The van der Waals surface area contributed by atoms with Gasteiger partial charge in [-0.05, 0) is 42.3 Å².